The molecule has 0 saturated heterocycles. The Balaban J connectivity index is 3.98. The molecule has 0 aliphatic heterocycles. The van der Waals surface area contributed by atoms with Crippen molar-refractivity contribution in [2.75, 3.05) is 6.61 Å². The second-order valence-electron chi connectivity index (χ2n) is 3.93. The molecule has 0 bridgehead atoms. The van der Waals surface area contributed by atoms with Crippen molar-refractivity contribution in [3.05, 3.63) is 0 Å². The summed E-state index contributed by atoms with van der Waals surface area (Å²) in [6.07, 6.45) is 4.78. The van der Waals surface area contributed by atoms with E-state index in [1.54, 1.807) is 20.8 Å². The monoisotopic (exact) mass is 199 g/mol. The lowest BCUT2D eigenvalue weighted by molar-refractivity contribution is 0.0484. The van der Waals surface area contributed by atoms with E-state index in [1.165, 1.54) is 0 Å². The standard InChI is InChI=1S/C10H17NO3/c1-5-6-8(7-12)11-9(13)14-10(2,3)4/h1,8,12H,6-7H2,2-4H3,(H,11,13)/t8-/m1/s1. The highest BCUT2D eigenvalue weighted by Gasteiger charge is 2.18. The molecular weight excluding hydrogens is 182 g/mol. The van der Waals surface area contributed by atoms with Crippen LogP contribution >= 0.6 is 0 Å². The molecule has 0 aromatic heterocycles. The number of amides is 1. The van der Waals surface area contributed by atoms with Crippen molar-refractivity contribution in [3.8, 4) is 12.3 Å². The number of terminal acetylenes is 1. The minimum Gasteiger partial charge on any atom is -0.444 e. The maximum absolute atomic E-state index is 11.2. The van der Waals surface area contributed by atoms with E-state index in [0.717, 1.165) is 0 Å². The van der Waals surface area contributed by atoms with Crippen LogP contribution in [-0.2, 0) is 4.74 Å². The van der Waals surface area contributed by atoms with Crippen molar-refractivity contribution in [2.24, 2.45) is 0 Å². The summed E-state index contributed by atoms with van der Waals surface area (Å²) in [5.41, 5.74) is -0.541. The summed E-state index contributed by atoms with van der Waals surface area (Å²) in [4.78, 5) is 11.2. The summed E-state index contributed by atoms with van der Waals surface area (Å²) >= 11 is 0. The first kappa shape index (κ1) is 12.8. The number of alkyl carbamates (subject to hydrolysis) is 1. The van der Waals surface area contributed by atoms with Crippen molar-refractivity contribution >= 4 is 6.09 Å². The predicted molar refractivity (Wildman–Crippen MR) is 53.7 cm³/mol. The number of hydrogen-bond acceptors (Lipinski definition) is 3. The molecule has 0 aromatic carbocycles. The molecule has 80 valence electrons. The van der Waals surface area contributed by atoms with E-state index in [2.05, 4.69) is 11.2 Å². The summed E-state index contributed by atoms with van der Waals surface area (Å²) < 4.78 is 4.99. The molecule has 0 aliphatic carbocycles. The van der Waals surface area contributed by atoms with Gasteiger partial charge in [0.1, 0.15) is 5.60 Å². The lowest BCUT2D eigenvalue weighted by Gasteiger charge is -2.21. The van der Waals surface area contributed by atoms with E-state index >= 15 is 0 Å². The van der Waals surface area contributed by atoms with Crippen LogP contribution in [0.1, 0.15) is 27.2 Å². The molecule has 0 radical (unpaired) electrons. The Morgan fingerprint density at radius 3 is 2.57 bits per heavy atom. The van der Waals surface area contributed by atoms with Crippen LogP contribution in [0.4, 0.5) is 4.79 Å². The van der Waals surface area contributed by atoms with Crippen LogP contribution in [0.25, 0.3) is 0 Å². The fourth-order valence-electron chi connectivity index (χ4n) is 0.778. The molecule has 2 N–H and O–H groups in total. The molecule has 1 atom stereocenters. The third-order valence-corrected chi connectivity index (χ3v) is 1.31. The average molecular weight is 199 g/mol. The second kappa shape index (κ2) is 5.51. The number of hydrogen-bond donors (Lipinski definition) is 2. The quantitative estimate of drug-likeness (QED) is 0.664. The summed E-state index contributed by atoms with van der Waals surface area (Å²) in [5, 5.41) is 11.3. The van der Waals surface area contributed by atoms with Crippen LogP contribution in [0.2, 0.25) is 0 Å². The molecule has 0 heterocycles. The first-order valence-electron chi connectivity index (χ1n) is 4.43. The maximum Gasteiger partial charge on any atom is 0.407 e. The van der Waals surface area contributed by atoms with Gasteiger partial charge in [-0.15, -0.1) is 12.3 Å². The molecule has 0 fully saturated rings. The van der Waals surface area contributed by atoms with Gasteiger partial charge in [0.25, 0.3) is 0 Å². The van der Waals surface area contributed by atoms with E-state index in [9.17, 15) is 4.79 Å². The first-order valence-corrected chi connectivity index (χ1v) is 4.43. The first-order chi connectivity index (χ1) is 6.39. The predicted octanol–water partition coefficient (Wildman–Crippen LogP) is 0.895. The Morgan fingerprint density at radius 1 is 1.64 bits per heavy atom. The molecule has 0 saturated carbocycles. The second-order valence-corrected chi connectivity index (χ2v) is 3.93. The summed E-state index contributed by atoms with van der Waals surface area (Å²) in [5.74, 6) is 2.36. The minimum absolute atomic E-state index is 0.191. The SMILES string of the molecule is C#CC[C@H](CO)NC(=O)OC(C)(C)C. The molecule has 14 heavy (non-hydrogen) atoms. The van der Waals surface area contributed by atoms with Crippen molar-refractivity contribution < 1.29 is 14.6 Å². The zero-order valence-electron chi connectivity index (χ0n) is 8.83. The van der Waals surface area contributed by atoms with Gasteiger partial charge in [0.15, 0.2) is 0 Å². The Hall–Kier alpha value is -1.21. The number of aliphatic hydroxyl groups is 1. The Kier molecular flexibility index (Phi) is 5.03. The largest absolute Gasteiger partial charge is 0.444 e. The average Bonchev–Trinajstić information content (AvgIpc) is 2.00. The van der Waals surface area contributed by atoms with Gasteiger partial charge < -0.3 is 15.2 Å². The van der Waals surface area contributed by atoms with Gasteiger partial charge in [0.2, 0.25) is 0 Å². The highest BCUT2D eigenvalue weighted by atomic mass is 16.6. The number of nitrogens with one attached hydrogen (secondary N) is 1. The van der Waals surface area contributed by atoms with Gasteiger partial charge in [-0.3, -0.25) is 0 Å². The van der Waals surface area contributed by atoms with E-state index in [-0.39, 0.29) is 13.0 Å². The molecule has 0 unspecified atom stereocenters. The fraction of sp³-hybridized carbons (Fsp3) is 0.700. The molecule has 0 aromatic rings. The normalized spacial score (nSPS) is 12.8. The molecule has 4 heteroatoms. The topological polar surface area (TPSA) is 58.6 Å². The van der Waals surface area contributed by atoms with Crippen LogP contribution < -0.4 is 5.32 Å². The van der Waals surface area contributed by atoms with Gasteiger partial charge >= 0.3 is 6.09 Å². The van der Waals surface area contributed by atoms with Crippen molar-refractivity contribution in [1.29, 1.82) is 0 Å². The summed E-state index contributed by atoms with van der Waals surface area (Å²) in [6.45, 7) is 5.11. The Labute approximate surface area is 84.6 Å². The van der Waals surface area contributed by atoms with Gasteiger partial charge in [-0.1, -0.05) is 0 Å². The lowest BCUT2D eigenvalue weighted by atomic mass is 10.2. The highest BCUT2D eigenvalue weighted by molar-refractivity contribution is 5.68. The molecule has 4 nitrogen and oxygen atoms in total. The van der Waals surface area contributed by atoms with Gasteiger partial charge in [0, 0.05) is 6.42 Å². The van der Waals surface area contributed by atoms with E-state index < -0.39 is 17.7 Å². The number of aliphatic hydroxyl groups excluding tert-OH is 1. The summed E-state index contributed by atoms with van der Waals surface area (Å²) in [6, 6.07) is -0.435. The van der Waals surface area contributed by atoms with E-state index in [4.69, 9.17) is 16.3 Å². The van der Waals surface area contributed by atoms with Crippen molar-refractivity contribution in [3.63, 3.8) is 0 Å². The van der Waals surface area contributed by atoms with E-state index in [0.29, 0.717) is 0 Å². The molecule has 0 rings (SSSR count). The van der Waals surface area contributed by atoms with Crippen LogP contribution in [0.5, 0.6) is 0 Å². The van der Waals surface area contributed by atoms with Gasteiger partial charge in [-0.2, -0.15) is 0 Å². The van der Waals surface area contributed by atoms with Crippen molar-refractivity contribution in [1.82, 2.24) is 5.32 Å². The van der Waals surface area contributed by atoms with E-state index in [1.807, 2.05) is 0 Å². The number of carbonyl (C=O) groups excluding carboxylic acids is 1. The zero-order chi connectivity index (χ0) is 11.2. The number of ether oxygens (including phenoxy) is 1. The van der Waals surface area contributed by atoms with Gasteiger partial charge in [-0.05, 0) is 20.8 Å². The van der Waals surface area contributed by atoms with Crippen molar-refractivity contribution in [2.45, 2.75) is 38.8 Å². The van der Waals surface area contributed by atoms with Crippen LogP contribution in [0.3, 0.4) is 0 Å². The number of carbonyl (C=O) groups is 1. The number of rotatable bonds is 3. The van der Waals surface area contributed by atoms with Crippen LogP contribution in [-0.4, -0.2) is 29.4 Å². The molecular formula is C10H17NO3. The van der Waals surface area contributed by atoms with Crippen LogP contribution in [0, 0.1) is 12.3 Å². The smallest absolute Gasteiger partial charge is 0.407 e. The molecule has 0 spiro atoms. The Morgan fingerprint density at radius 2 is 2.21 bits per heavy atom. The maximum atomic E-state index is 11.2. The van der Waals surface area contributed by atoms with Gasteiger partial charge in [0.05, 0.1) is 12.6 Å². The third-order valence-electron chi connectivity index (χ3n) is 1.31. The minimum atomic E-state index is -0.563. The Bertz CT molecular complexity index is 225. The lowest BCUT2D eigenvalue weighted by Crippen LogP contribution is -2.40. The van der Waals surface area contributed by atoms with Crippen LogP contribution in [0.15, 0.2) is 0 Å². The zero-order valence-corrected chi connectivity index (χ0v) is 8.83. The summed E-state index contributed by atoms with van der Waals surface area (Å²) in [7, 11) is 0. The third kappa shape index (κ3) is 6.32. The highest BCUT2D eigenvalue weighted by Crippen LogP contribution is 2.06. The van der Waals surface area contributed by atoms with Gasteiger partial charge in [-0.25, -0.2) is 4.79 Å². The molecule has 1 amide bonds. The fourth-order valence-corrected chi connectivity index (χ4v) is 0.778. The molecule has 0 aliphatic rings.